The number of piperazine rings is 1. The molecule has 0 aliphatic carbocycles. The summed E-state index contributed by atoms with van der Waals surface area (Å²) in [6.07, 6.45) is 1.07. The third kappa shape index (κ3) is 2.69. The van der Waals surface area contributed by atoms with Crippen LogP contribution in [-0.4, -0.2) is 43.9 Å². The van der Waals surface area contributed by atoms with Crippen LogP contribution in [0.5, 0.6) is 11.5 Å². The first-order valence-electron chi connectivity index (χ1n) is 7.08. The van der Waals surface area contributed by atoms with Gasteiger partial charge in [-0.3, -0.25) is 4.90 Å². The summed E-state index contributed by atoms with van der Waals surface area (Å²) in [4.78, 5) is 2.56. The van der Waals surface area contributed by atoms with Gasteiger partial charge in [0.25, 0.3) is 0 Å². The monoisotopic (exact) mass is 262 g/mol. The van der Waals surface area contributed by atoms with Gasteiger partial charge in [0.15, 0.2) is 11.5 Å². The molecule has 3 rings (SSSR count). The van der Waals surface area contributed by atoms with E-state index in [2.05, 4.69) is 36.2 Å². The van der Waals surface area contributed by atoms with Crippen LogP contribution in [-0.2, 0) is 6.42 Å². The van der Waals surface area contributed by atoms with Gasteiger partial charge in [-0.2, -0.15) is 0 Å². The molecule has 2 aliphatic heterocycles. The molecule has 1 fully saturated rings. The topological polar surface area (TPSA) is 33.7 Å². The predicted molar refractivity (Wildman–Crippen MR) is 74.9 cm³/mol. The van der Waals surface area contributed by atoms with E-state index in [4.69, 9.17) is 9.47 Å². The minimum atomic E-state index is 0.353. The molecule has 104 valence electrons. The average molecular weight is 262 g/mol. The van der Waals surface area contributed by atoms with Gasteiger partial charge >= 0.3 is 0 Å². The quantitative estimate of drug-likeness (QED) is 0.896. The number of nitrogens with zero attached hydrogens (tertiary/aromatic N) is 1. The van der Waals surface area contributed by atoms with Crippen molar-refractivity contribution in [3.8, 4) is 11.5 Å². The maximum absolute atomic E-state index is 5.48. The molecule has 1 N–H and O–H groups in total. The molecule has 1 aromatic rings. The van der Waals surface area contributed by atoms with E-state index >= 15 is 0 Å². The van der Waals surface area contributed by atoms with Gasteiger partial charge in [0, 0.05) is 32.2 Å². The number of aryl methyl sites for hydroxylation is 1. The van der Waals surface area contributed by atoms with Gasteiger partial charge < -0.3 is 14.8 Å². The Hall–Kier alpha value is -1.26. The molecule has 0 amide bonds. The normalized spacial score (nSPS) is 20.5. The summed E-state index contributed by atoms with van der Waals surface area (Å²) in [5.74, 6) is 1.78. The Morgan fingerprint density at radius 1 is 1.21 bits per heavy atom. The fourth-order valence-electron chi connectivity index (χ4n) is 2.88. The number of benzene rings is 1. The van der Waals surface area contributed by atoms with Crippen molar-refractivity contribution in [1.82, 2.24) is 10.2 Å². The number of nitrogens with one attached hydrogen (secondary N) is 1. The maximum atomic E-state index is 5.48. The molecule has 0 bridgehead atoms. The van der Waals surface area contributed by atoms with Crippen molar-refractivity contribution in [2.24, 2.45) is 0 Å². The molecule has 0 aromatic heterocycles. The Labute approximate surface area is 114 Å². The van der Waals surface area contributed by atoms with Crippen molar-refractivity contribution in [2.45, 2.75) is 26.3 Å². The van der Waals surface area contributed by atoms with E-state index in [-0.39, 0.29) is 0 Å². The Bertz CT molecular complexity index is 456. The van der Waals surface area contributed by atoms with Crippen LogP contribution in [0.3, 0.4) is 0 Å². The van der Waals surface area contributed by atoms with Crippen LogP contribution >= 0.6 is 0 Å². The van der Waals surface area contributed by atoms with E-state index in [1.54, 1.807) is 0 Å². The van der Waals surface area contributed by atoms with Crippen LogP contribution in [0.4, 0.5) is 0 Å². The lowest BCUT2D eigenvalue weighted by Crippen LogP contribution is -2.48. The number of hydrogen-bond donors (Lipinski definition) is 1. The number of ether oxygens (including phenoxy) is 2. The van der Waals surface area contributed by atoms with Gasteiger partial charge in [-0.15, -0.1) is 0 Å². The molecule has 2 aliphatic rings. The summed E-state index contributed by atoms with van der Waals surface area (Å²) >= 11 is 0. The maximum Gasteiger partial charge on any atom is 0.231 e. The van der Waals surface area contributed by atoms with Crippen molar-refractivity contribution < 1.29 is 9.47 Å². The van der Waals surface area contributed by atoms with Gasteiger partial charge in [0.05, 0.1) is 0 Å². The van der Waals surface area contributed by atoms with Gasteiger partial charge in [-0.05, 0) is 43.5 Å². The number of fused-ring (bicyclic) bond motifs is 1. The SMILES string of the molecule is Cc1cc2c(cc1CC(C)N1CCNCC1)OCO2. The van der Waals surface area contributed by atoms with E-state index in [1.807, 2.05) is 0 Å². The van der Waals surface area contributed by atoms with E-state index < -0.39 is 0 Å². The molecule has 1 unspecified atom stereocenters. The molecular formula is C15H22N2O2. The molecular weight excluding hydrogens is 240 g/mol. The molecule has 4 nitrogen and oxygen atoms in total. The smallest absolute Gasteiger partial charge is 0.231 e. The second-order valence-corrected chi connectivity index (χ2v) is 5.47. The zero-order chi connectivity index (χ0) is 13.2. The first-order chi connectivity index (χ1) is 9.24. The minimum absolute atomic E-state index is 0.353. The molecule has 2 heterocycles. The summed E-state index contributed by atoms with van der Waals surface area (Å²) in [5.41, 5.74) is 2.67. The Morgan fingerprint density at radius 2 is 1.89 bits per heavy atom. The second kappa shape index (κ2) is 5.39. The lowest BCUT2D eigenvalue weighted by atomic mass is 10.00. The zero-order valence-electron chi connectivity index (χ0n) is 11.7. The summed E-state index contributed by atoms with van der Waals surface area (Å²) in [6, 6.07) is 4.82. The molecule has 0 spiro atoms. The molecule has 4 heteroatoms. The lowest BCUT2D eigenvalue weighted by molar-refractivity contribution is 0.173. The summed E-state index contributed by atoms with van der Waals surface area (Å²) in [7, 11) is 0. The van der Waals surface area contributed by atoms with Crippen LogP contribution < -0.4 is 14.8 Å². The van der Waals surface area contributed by atoms with E-state index in [1.165, 1.54) is 11.1 Å². The third-order valence-corrected chi connectivity index (χ3v) is 4.12. The van der Waals surface area contributed by atoms with Crippen molar-refractivity contribution in [3.63, 3.8) is 0 Å². The fraction of sp³-hybridized carbons (Fsp3) is 0.600. The number of hydrogen-bond acceptors (Lipinski definition) is 4. The van der Waals surface area contributed by atoms with Gasteiger partial charge in [0.1, 0.15) is 0 Å². The second-order valence-electron chi connectivity index (χ2n) is 5.47. The van der Waals surface area contributed by atoms with E-state index in [0.29, 0.717) is 12.8 Å². The van der Waals surface area contributed by atoms with Crippen LogP contribution in [0, 0.1) is 6.92 Å². The zero-order valence-corrected chi connectivity index (χ0v) is 11.7. The first-order valence-corrected chi connectivity index (χ1v) is 7.08. The Kier molecular flexibility index (Phi) is 3.62. The summed E-state index contributed by atoms with van der Waals surface area (Å²) in [5, 5.41) is 3.40. The fourth-order valence-corrected chi connectivity index (χ4v) is 2.88. The lowest BCUT2D eigenvalue weighted by Gasteiger charge is -2.33. The standard InChI is InChI=1S/C15H22N2O2/c1-11-7-14-15(19-10-18-14)9-13(11)8-12(2)17-5-3-16-4-6-17/h7,9,12,16H,3-6,8,10H2,1-2H3. The van der Waals surface area contributed by atoms with Crippen LogP contribution in [0.2, 0.25) is 0 Å². The summed E-state index contributed by atoms with van der Waals surface area (Å²) in [6.45, 7) is 9.31. The Balaban J connectivity index is 1.72. The average Bonchev–Trinajstić information content (AvgIpc) is 2.87. The van der Waals surface area contributed by atoms with Crippen molar-refractivity contribution in [2.75, 3.05) is 33.0 Å². The molecule has 1 atom stereocenters. The van der Waals surface area contributed by atoms with Crippen molar-refractivity contribution in [3.05, 3.63) is 23.3 Å². The van der Waals surface area contributed by atoms with E-state index in [0.717, 1.165) is 44.1 Å². The van der Waals surface area contributed by atoms with Gasteiger partial charge in [0.2, 0.25) is 6.79 Å². The van der Waals surface area contributed by atoms with E-state index in [9.17, 15) is 0 Å². The third-order valence-electron chi connectivity index (χ3n) is 4.12. The Morgan fingerprint density at radius 3 is 2.63 bits per heavy atom. The molecule has 1 saturated heterocycles. The highest BCUT2D eigenvalue weighted by molar-refractivity contribution is 5.48. The molecule has 1 aromatic carbocycles. The number of rotatable bonds is 3. The van der Waals surface area contributed by atoms with Crippen LogP contribution in [0.15, 0.2) is 12.1 Å². The largest absolute Gasteiger partial charge is 0.454 e. The highest BCUT2D eigenvalue weighted by Crippen LogP contribution is 2.35. The van der Waals surface area contributed by atoms with Gasteiger partial charge in [-0.25, -0.2) is 0 Å². The molecule has 19 heavy (non-hydrogen) atoms. The molecule has 0 saturated carbocycles. The van der Waals surface area contributed by atoms with Crippen LogP contribution in [0.25, 0.3) is 0 Å². The van der Waals surface area contributed by atoms with Gasteiger partial charge in [-0.1, -0.05) is 0 Å². The highest BCUT2D eigenvalue weighted by atomic mass is 16.7. The van der Waals surface area contributed by atoms with Crippen molar-refractivity contribution in [1.29, 1.82) is 0 Å². The molecule has 0 radical (unpaired) electrons. The van der Waals surface area contributed by atoms with Crippen molar-refractivity contribution >= 4 is 0 Å². The highest BCUT2D eigenvalue weighted by Gasteiger charge is 2.20. The first kappa shape index (κ1) is 12.8. The minimum Gasteiger partial charge on any atom is -0.454 e. The summed E-state index contributed by atoms with van der Waals surface area (Å²) < 4.78 is 10.9. The predicted octanol–water partition coefficient (Wildman–Crippen LogP) is 1.56. The van der Waals surface area contributed by atoms with Crippen LogP contribution in [0.1, 0.15) is 18.1 Å².